The van der Waals surface area contributed by atoms with Crippen LogP contribution in [0.15, 0.2) is 0 Å². The summed E-state index contributed by atoms with van der Waals surface area (Å²) in [7, 11) is 0. The first-order valence-electron chi connectivity index (χ1n) is 5.84. The summed E-state index contributed by atoms with van der Waals surface area (Å²) in [6, 6.07) is 0. The van der Waals surface area contributed by atoms with Crippen molar-refractivity contribution in [3.8, 4) is 0 Å². The lowest BCUT2D eigenvalue weighted by atomic mass is 9.84. The average molecular weight is 213 g/mol. The van der Waals surface area contributed by atoms with E-state index in [2.05, 4.69) is 25.7 Å². The van der Waals surface area contributed by atoms with E-state index in [4.69, 9.17) is 0 Å². The molecule has 3 heteroatoms. The van der Waals surface area contributed by atoms with E-state index in [0.29, 0.717) is 0 Å². The number of aliphatic carboxylic acids is 1. The minimum absolute atomic E-state index is 0.1000. The Morgan fingerprint density at radius 3 is 2.27 bits per heavy atom. The van der Waals surface area contributed by atoms with Crippen LogP contribution in [0.4, 0.5) is 0 Å². The summed E-state index contributed by atoms with van der Waals surface area (Å²) >= 11 is 0. The van der Waals surface area contributed by atoms with Crippen LogP contribution in [-0.2, 0) is 4.79 Å². The quantitative estimate of drug-likeness (QED) is 0.778. The predicted molar refractivity (Wildman–Crippen MR) is 60.9 cm³/mol. The summed E-state index contributed by atoms with van der Waals surface area (Å²) in [5.41, 5.74) is 0.1000. The SMILES string of the molecule is CC(C)(C)CC(CN1CCCC1)C(=O)O. The minimum atomic E-state index is -0.642. The number of hydrogen-bond acceptors (Lipinski definition) is 2. The molecule has 0 aromatic heterocycles. The van der Waals surface area contributed by atoms with Crippen LogP contribution in [0.5, 0.6) is 0 Å². The summed E-state index contributed by atoms with van der Waals surface area (Å²) in [5.74, 6) is -0.847. The second-order valence-electron chi connectivity index (χ2n) is 5.81. The summed E-state index contributed by atoms with van der Waals surface area (Å²) in [5, 5.41) is 9.17. The second kappa shape index (κ2) is 4.97. The van der Waals surface area contributed by atoms with Crippen molar-refractivity contribution in [3.63, 3.8) is 0 Å². The molecule has 1 atom stereocenters. The molecule has 15 heavy (non-hydrogen) atoms. The molecule has 0 aromatic carbocycles. The molecule has 0 radical (unpaired) electrons. The third kappa shape index (κ3) is 4.65. The van der Waals surface area contributed by atoms with Crippen molar-refractivity contribution in [2.24, 2.45) is 11.3 Å². The number of carboxylic acids is 1. The van der Waals surface area contributed by atoms with Gasteiger partial charge in [0.25, 0.3) is 0 Å². The van der Waals surface area contributed by atoms with Gasteiger partial charge < -0.3 is 10.0 Å². The fourth-order valence-electron chi connectivity index (χ4n) is 2.25. The Kier molecular flexibility index (Phi) is 4.14. The van der Waals surface area contributed by atoms with Crippen LogP contribution in [0.25, 0.3) is 0 Å². The first kappa shape index (κ1) is 12.5. The number of hydrogen-bond donors (Lipinski definition) is 1. The number of carboxylic acid groups (broad SMARTS) is 1. The molecule has 1 rings (SSSR count). The Balaban J connectivity index is 2.46. The van der Waals surface area contributed by atoms with Crippen molar-refractivity contribution in [2.45, 2.75) is 40.0 Å². The van der Waals surface area contributed by atoms with E-state index in [9.17, 15) is 9.90 Å². The highest BCUT2D eigenvalue weighted by atomic mass is 16.4. The Bertz CT molecular complexity index is 214. The lowest BCUT2D eigenvalue weighted by Crippen LogP contribution is -2.33. The fourth-order valence-corrected chi connectivity index (χ4v) is 2.25. The van der Waals surface area contributed by atoms with Crippen LogP contribution in [0.2, 0.25) is 0 Å². The zero-order chi connectivity index (χ0) is 11.5. The van der Waals surface area contributed by atoms with Crippen molar-refractivity contribution in [1.29, 1.82) is 0 Å². The largest absolute Gasteiger partial charge is 0.481 e. The summed E-state index contributed by atoms with van der Waals surface area (Å²) in [4.78, 5) is 13.4. The third-order valence-electron chi connectivity index (χ3n) is 2.89. The van der Waals surface area contributed by atoms with Crippen molar-refractivity contribution >= 4 is 5.97 Å². The molecule has 3 nitrogen and oxygen atoms in total. The molecule has 1 aliphatic heterocycles. The summed E-state index contributed by atoms with van der Waals surface area (Å²) in [6.07, 6.45) is 3.21. The van der Waals surface area contributed by atoms with Gasteiger partial charge in [-0.15, -0.1) is 0 Å². The van der Waals surface area contributed by atoms with Crippen LogP contribution in [0.3, 0.4) is 0 Å². The Labute approximate surface area is 92.5 Å². The molecule has 0 aliphatic carbocycles. The molecule has 0 amide bonds. The molecule has 1 aliphatic rings. The van der Waals surface area contributed by atoms with E-state index in [-0.39, 0.29) is 11.3 Å². The predicted octanol–water partition coefficient (Wildman–Crippen LogP) is 2.22. The van der Waals surface area contributed by atoms with E-state index in [1.54, 1.807) is 0 Å². The number of likely N-dealkylation sites (tertiary alicyclic amines) is 1. The molecule has 1 heterocycles. The second-order valence-corrected chi connectivity index (χ2v) is 5.81. The zero-order valence-corrected chi connectivity index (χ0v) is 10.1. The lowest BCUT2D eigenvalue weighted by Gasteiger charge is -2.26. The van der Waals surface area contributed by atoms with Crippen LogP contribution < -0.4 is 0 Å². The van der Waals surface area contributed by atoms with E-state index in [1.807, 2.05) is 0 Å². The van der Waals surface area contributed by atoms with Gasteiger partial charge in [-0.05, 0) is 37.8 Å². The Morgan fingerprint density at radius 2 is 1.87 bits per heavy atom. The van der Waals surface area contributed by atoms with E-state index < -0.39 is 5.97 Å². The molecule has 0 aromatic rings. The highest BCUT2D eigenvalue weighted by Gasteiger charge is 2.27. The summed E-state index contributed by atoms with van der Waals surface area (Å²) in [6.45, 7) is 9.20. The zero-order valence-electron chi connectivity index (χ0n) is 10.1. The van der Waals surface area contributed by atoms with Crippen LogP contribution >= 0.6 is 0 Å². The fraction of sp³-hybridized carbons (Fsp3) is 0.917. The van der Waals surface area contributed by atoms with E-state index >= 15 is 0 Å². The summed E-state index contributed by atoms with van der Waals surface area (Å²) < 4.78 is 0. The molecule has 1 unspecified atom stereocenters. The first-order chi connectivity index (χ1) is 6.88. The molecular formula is C12H23NO2. The Hall–Kier alpha value is -0.570. The van der Waals surface area contributed by atoms with Crippen LogP contribution in [0.1, 0.15) is 40.0 Å². The van der Waals surface area contributed by atoms with Gasteiger partial charge in [-0.2, -0.15) is 0 Å². The van der Waals surface area contributed by atoms with E-state index in [1.165, 1.54) is 12.8 Å². The van der Waals surface area contributed by atoms with Crippen molar-refractivity contribution < 1.29 is 9.90 Å². The maximum atomic E-state index is 11.1. The number of rotatable bonds is 4. The molecule has 88 valence electrons. The third-order valence-corrected chi connectivity index (χ3v) is 2.89. The van der Waals surface area contributed by atoms with Crippen molar-refractivity contribution in [1.82, 2.24) is 4.90 Å². The molecule has 0 saturated carbocycles. The highest BCUT2D eigenvalue weighted by Crippen LogP contribution is 2.26. The van der Waals surface area contributed by atoms with Gasteiger partial charge in [0.2, 0.25) is 0 Å². The lowest BCUT2D eigenvalue weighted by molar-refractivity contribution is -0.143. The van der Waals surface area contributed by atoms with Gasteiger partial charge in [-0.1, -0.05) is 20.8 Å². The Morgan fingerprint density at radius 1 is 1.33 bits per heavy atom. The van der Waals surface area contributed by atoms with Gasteiger partial charge in [0.15, 0.2) is 0 Å². The first-order valence-corrected chi connectivity index (χ1v) is 5.84. The van der Waals surface area contributed by atoms with Gasteiger partial charge >= 0.3 is 5.97 Å². The molecule has 0 bridgehead atoms. The van der Waals surface area contributed by atoms with Gasteiger partial charge in [-0.3, -0.25) is 4.79 Å². The van der Waals surface area contributed by atoms with Gasteiger partial charge in [-0.25, -0.2) is 0 Å². The molecule has 1 N–H and O–H groups in total. The number of nitrogens with zero attached hydrogens (tertiary/aromatic N) is 1. The van der Waals surface area contributed by atoms with Gasteiger partial charge in [0, 0.05) is 6.54 Å². The van der Waals surface area contributed by atoms with Gasteiger partial charge in [0.05, 0.1) is 5.92 Å². The average Bonchev–Trinajstić information content (AvgIpc) is 2.52. The molecule has 1 fully saturated rings. The van der Waals surface area contributed by atoms with Crippen LogP contribution in [-0.4, -0.2) is 35.6 Å². The molecule has 1 saturated heterocycles. The normalized spacial score (nSPS) is 20.5. The standard InChI is InChI=1S/C12H23NO2/c1-12(2,3)8-10(11(14)15)9-13-6-4-5-7-13/h10H,4-9H2,1-3H3,(H,14,15). The maximum Gasteiger partial charge on any atom is 0.307 e. The van der Waals surface area contributed by atoms with Gasteiger partial charge in [0.1, 0.15) is 0 Å². The van der Waals surface area contributed by atoms with Crippen molar-refractivity contribution in [3.05, 3.63) is 0 Å². The van der Waals surface area contributed by atoms with E-state index in [0.717, 1.165) is 26.1 Å². The molecular weight excluding hydrogens is 190 g/mol. The monoisotopic (exact) mass is 213 g/mol. The highest BCUT2D eigenvalue weighted by molar-refractivity contribution is 5.70. The minimum Gasteiger partial charge on any atom is -0.481 e. The smallest absolute Gasteiger partial charge is 0.307 e. The van der Waals surface area contributed by atoms with Crippen molar-refractivity contribution in [2.75, 3.05) is 19.6 Å². The van der Waals surface area contributed by atoms with Crippen LogP contribution in [0, 0.1) is 11.3 Å². The number of carbonyl (C=O) groups is 1. The topological polar surface area (TPSA) is 40.5 Å². The maximum absolute atomic E-state index is 11.1. The molecule has 0 spiro atoms.